The van der Waals surface area contributed by atoms with Crippen molar-refractivity contribution in [3.8, 4) is 0 Å². The van der Waals surface area contributed by atoms with Crippen LogP contribution < -0.4 is 5.32 Å². The maximum Gasteiger partial charge on any atom is 0.0455 e. The zero-order valence-corrected chi connectivity index (χ0v) is 11.8. The van der Waals surface area contributed by atoms with Crippen molar-refractivity contribution in [2.24, 2.45) is 5.92 Å². The van der Waals surface area contributed by atoms with Gasteiger partial charge < -0.3 is 5.32 Å². The monoisotopic (exact) mass is 284 g/mol. The number of piperazine rings is 1. The molecule has 18 heavy (non-hydrogen) atoms. The van der Waals surface area contributed by atoms with Crippen LogP contribution in [0.25, 0.3) is 0 Å². The van der Waals surface area contributed by atoms with Gasteiger partial charge >= 0.3 is 0 Å². The van der Waals surface area contributed by atoms with E-state index < -0.39 is 0 Å². The van der Waals surface area contributed by atoms with Crippen molar-refractivity contribution in [1.29, 1.82) is 0 Å². The summed E-state index contributed by atoms with van der Waals surface area (Å²) in [6.07, 6.45) is 2.63. The minimum atomic E-state index is 0.457. The lowest BCUT2D eigenvalue weighted by Crippen LogP contribution is -2.45. The third-order valence-electron chi connectivity index (χ3n) is 3.89. The molecule has 98 valence electrons. The van der Waals surface area contributed by atoms with Crippen LogP contribution in [0.2, 0.25) is 10.0 Å². The zero-order valence-electron chi connectivity index (χ0n) is 10.3. The highest BCUT2D eigenvalue weighted by molar-refractivity contribution is 6.33. The summed E-state index contributed by atoms with van der Waals surface area (Å²) >= 11 is 12.5. The molecule has 0 aromatic heterocycles. The molecule has 1 saturated heterocycles. The fourth-order valence-corrected chi connectivity index (χ4v) is 3.27. The fourth-order valence-electron chi connectivity index (χ4n) is 2.86. The maximum atomic E-state index is 6.38. The van der Waals surface area contributed by atoms with E-state index in [0.29, 0.717) is 6.04 Å². The molecule has 1 atom stereocenters. The molecule has 1 aromatic carbocycles. The number of halogens is 2. The van der Waals surface area contributed by atoms with Gasteiger partial charge in [0.25, 0.3) is 0 Å². The van der Waals surface area contributed by atoms with Gasteiger partial charge in [0.1, 0.15) is 0 Å². The first kappa shape index (κ1) is 12.7. The second-order valence-electron chi connectivity index (χ2n) is 5.23. The van der Waals surface area contributed by atoms with Gasteiger partial charge in [0.05, 0.1) is 0 Å². The Hall–Kier alpha value is -0.280. The minimum Gasteiger partial charge on any atom is -0.314 e. The van der Waals surface area contributed by atoms with E-state index in [0.717, 1.165) is 42.1 Å². The Morgan fingerprint density at radius 1 is 1.17 bits per heavy atom. The largest absolute Gasteiger partial charge is 0.314 e. The molecule has 1 aliphatic carbocycles. The van der Waals surface area contributed by atoms with Gasteiger partial charge in [-0.15, -0.1) is 0 Å². The van der Waals surface area contributed by atoms with Crippen molar-refractivity contribution < 1.29 is 0 Å². The Balaban J connectivity index is 1.90. The third kappa shape index (κ3) is 2.67. The van der Waals surface area contributed by atoms with Crippen molar-refractivity contribution in [2.45, 2.75) is 18.9 Å². The van der Waals surface area contributed by atoms with Crippen molar-refractivity contribution >= 4 is 23.2 Å². The van der Waals surface area contributed by atoms with Crippen LogP contribution in [0.3, 0.4) is 0 Å². The van der Waals surface area contributed by atoms with Gasteiger partial charge in [-0.2, -0.15) is 0 Å². The predicted octanol–water partition coefficient (Wildman–Crippen LogP) is 3.35. The minimum absolute atomic E-state index is 0.457. The molecule has 0 radical (unpaired) electrons. The standard InChI is InChI=1S/C14H18Cl2N2/c15-11-3-4-13(16)12(9-11)14(10-1-2-10)18-7-5-17-6-8-18/h3-4,9-10,14,17H,1-2,5-8H2/t14-/m1/s1. The summed E-state index contributed by atoms with van der Waals surface area (Å²) in [4.78, 5) is 2.56. The van der Waals surface area contributed by atoms with Crippen LogP contribution in [-0.2, 0) is 0 Å². The first-order valence-electron chi connectivity index (χ1n) is 6.65. The van der Waals surface area contributed by atoms with E-state index in [1.54, 1.807) is 0 Å². The summed E-state index contributed by atoms with van der Waals surface area (Å²) in [5, 5.41) is 5.05. The molecule has 2 aliphatic rings. The van der Waals surface area contributed by atoms with Gasteiger partial charge in [0, 0.05) is 42.3 Å². The molecule has 0 unspecified atom stereocenters. The van der Waals surface area contributed by atoms with E-state index in [-0.39, 0.29) is 0 Å². The topological polar surface area (TPSA) is 15.3 Å². The Morgan fingerprint density at radius 2 is 1.89 bits per heavy atom. The van der Waals surface area contributed by atoms with Crippen LogP contribution in [-0.4, -0.2) is 31.1 Å². The molecule has 0 amide bonds. The fraction of sp³-hybridized carbons (Fsp3) is 0.571. The third-order valence-corrected chi connectivity index (χ3v) is 4.47. The Kier molecular flexibility index (Phi) is 3.81. The molecule has 2 nitrogen and oxygen atoms in total. The van der Waals surface area contributed by atoms with E-state index in [9.17, 15) is 0 Å². The normalized spacial score (nSPS) is 23.0. The Morgan fingerprint density at radius 3 is 2.56 bits per heavy atom. The highest BCUT2D eigenvalue weighted by Gasteiger charge is 2.37. The van der Waals surface area contributed by atoms with Crippen LogP contribution >= 0.6 is 23.2 Å². The van der Waals surface area contributed by atoms with Crippen molar-refractivity contribution in [3.63, 3.8) is 0 Å². The van der Waals surface area contributed by atoms with Crippen LogP contribution in [0.4, 0.5) is 0 Å². The molecule has 0 spiro atoms. The molecule has 1 aliphatic heterocycles. The SMILES string of the molecule is Clc1ccc(Cl)c([C@@H](C2CC2)N2CCNCC2)c1. The number of benzene rings is 1. The van der Waals surface area contributed by atoms with Gasteiger partial charge in [0.2, 0.25) is 0 Å². The highest BCUT2D eigenvalue weighted by atomic mass is 35.5. The summed E-state index contributed by atoms with van der Waals surface area (Å²) in [6, 6.07) is 6.30. The molecule has 2 fully saturated rings. The average molecular weight is 285 g/mol. The van der Waals surface area contributed by atoms with E-state index in [2.05, 4.69) is 16.3 Å². The van der Waals surface area contributed by atoms with E-state index in [1.807, 2.05) is 12.1 Å². The predicted molar refractivity (Wildman–Crippen MR) is 76.4 cm³/mol. The number of nitrogens with zero attached hydrogens (tertiary/aromatic N) is 1. The summed E-state index contributed by atoms with van der Waals surface area (Å²) in [6.45, 7) is 4.34. The molecule has 1 saturated carbocycles. The van der Waals surface area contributed by atoms with Crippen LogP contribution in [0.1, 0.15) is 24.4 Å². The van der Waals surface area contributed by atoms with Gasteiger partial charge in [-0.3, -0.25) is 4.90 Å². The zero-order chi connectivity index (χ0) is 12.5. The van der Waals surface area contributed by atoms with Gasteiger partial charge in [-0.05, 0) is 42.5 Å². The van der Waals surface area contributed by atoms with Crippen molar-refractivity contribution in [1.82, 2.24) is 10.2 Å². The molecule has 3 rings (SSSR count). The second kappa shape index (κ2) is 5.38. The lowest BCUT2D eigenvalue weighted by atomic mass is 9.99. The smallest absolute Gasteiger partial charge is 0.0455 e. The average Bonchev–Trinajstić information content (AvgIpc) is 3.20. The summed E-state index contributed by atoms with van der Waals surface area (Å²) in [5.74, 6) is 0.763. The number of nitrogens with one attached hydrogen (secondary N) is 1. The Labute approximate surface area is 118 Å². The quantitative estimate of drug-likeness (QED) is 0.916. The van der Waals surface area contributed by atoms with Crippen LogP contribution in [0.15, 0.2) is 18.2 Å². The van der Waals surface area contributed by atoms with Gasteiger partial charge in [-0.1, -0.05) is 23.2 Å². The lowest BCUT2D eigenvalue weighted by molar-refractivity contribution is 0.156. The maximum absolute atomic E-state index is 6.38. The summed E-state index contributed by atoms with van der Waals surface area (Å²) in [5.41, 5.74) is 1.22. The lowest BCUT2D eigenvalue weighted by Gasteiger charge is -2.36. The van der Waals surface area contributed by atoms with E-state index >= 15 is 0 Å². The van der Waals surface area contributed by atoms with Crippen LogP contribution in [0.5, 0.6) is 0 Å². The molecule has 0 bridgehead atoms. The summed E-state index contributed by atoms with van der Waals surface area (Å²) < 4.78 is 0. The second-order valence-corrected chi connectivity index (χ2v) is 6.08. The van der Waals surface area contributed by atoms with Crippen LogP contribution in [0, 0.1) is 5.92 Å². The molecular formula is C14H18Cl2N2. The Bertz CT molecular complexity index is 426. The molecule has 1 heterocycles. The number of hydrogen-bond donors (Lipinski definition) is 1. The van der Waals surface area contributed by atoms with Crippen molar-refractivity contribution in [2.75, 3.05) is 26.2 Å². The highest BCUT2D eigenvalue weighted by Crippen LogP contribution is 2.46. The van der Waals surface area contributed by atoms with Gasteiger partial charge in [0.15, 0.2) is 0 Å². The first-order valence-corrected chi connectivity index (χ1v) is 7.41. The number of hydrogen-bond acceptors (Lipinski definition) is 2. The van der Waals surface area contributed by atoms with Crippen molar-refractivity contribution in [3.05, 3.63) is 33.8 Å². The molecule has 4 heteroatoms. The molecule has 1 aromatic rings. The van der Waals surface area contributed by atoms with Gasteiger partial charge in [-0.25, -0.2) is 0 Å². The van der Waals surface area contributed by atoms with E-state index in [1.165, 1.54) is 18.4 Å². The van der Waals surface area contributed by atoms with E-state index in [4.69, 9.17) is 23.2 Å². The number of rotatable bonds is 3. The molecular weight excluding hydrogens is 267 g/mol. The molecule has 1 N–H and O–H groups in total. The first-order chi connectivity index (χ1) is 8.75. The summed E-state index contributed by atoms with van der Waals surface area (Å²) in [7, 11) is 0.